The maximum Gasteiger partial charge on any atom is 0.0844 e. The van der Waals surface area contributed by atoms with Gasteiger partial charge in [0, 0.05) is 22.1 Å². The Balaban J connectivity index is 2.08. The van der Waals surface area contributed by atoms with E-state index in [1.807, 2.05) is 12.3 Å². The van der Waals surface area contributed by atoms with Gasteiger partial charge in [-0.05, 0) is 53.0 Å². The molecule has 1 aliphatic heterocycles. The number of nitrogens with one attached hydrogen (secondary N) is 1. The van der Waals surface area contributed by atoms with Gasteiger partial charge in [-0.3, -0.25) is 4.98 Å². The number of pyridine rings is 1. The Kier molecular flexibility index (Phi) is 2.65. The van der Waals surface area contributed by atoms with Crippen LogP contribution in [0.4, 0.5) is 0 Å². The molecule has 1 saturated heterocycles. The van der Waals surface area contributed by atoms with Gasteiger partial charge in [0.15, 0.2) is 0 Å². The molecule has 1 aromatic carbocycles. The minimum absolute atomic E-state index is 0.496. The molecule has 1 unspecified atom stereocenters. The van der Waals surface area contributed by atoms with Crippen molar-refractivity contribution in [3.8, 4) is 0 Å². The lowest BCUT2D eigenvalue weighted by Gasteiger charge is -2.11. The van der Waals surface area contributed by atoms with E-state index < -0.39 is 0 Å². The van der Waals surface area contributed by atoms with Crippen molar-refractivity contribution < 1.29 is 0 Å². The van der Waals surface area contributed by atoms with Crippen molar-refractivity contribution in [3.63, 3.8) is 0 Å². The van der Waals surface area contributed by atoms with Crippen LogP contribution in [0.15, 0.2) is 34.9 Å². The van der Waals surface area contributed by atoms with Gasteiger partial charge in [-0.25, -0.2) is 0 Å². The van der Waals surface area contributed by atoms with E-state index in [-0.39, 0.29) is 0 Å². The number of nitrogens with zero attached hydrogens (tertiary/aromatic N) is 1. The first-order valence-electron chi connectivity index (χ1n) is 5.62. The monoisotopic (exact) mass is 276 g/mol. The molecule has 1 fully saturated rings. The molecule has 2 nitrogen and oxygen atoms in total. The molecule has 2 heterocycles. The molecule has 3 rings (SSSR count). The molecule has 1 atom stereocenters. The summed E-state index contributed by atoms with van der Waals surface area (Å²) < 4.78 is 1.07. The Hall–Kier alpha value is -0.930. The highest BCUT2D eigenvalue weighted by Crippen LogP contribution is 2.27. The summed E-state index contributed by atoms with van der Waals surface area (Å²) in [6.07, 6.45) is 4.48. The molecule has 82 valence electrons. The molecule has 16 heavy (non-hydrogen) atoms. The Labute approximate surface area is 103 Å². The summed E-state index contributed by atoms with van der Waals surface area (Å²) in [5.41, 5.74) is 2.35. The minimum atomic E-state index is 0.496. The molecule has 0 radical (unpaired) electrons. The van der Waals surface area contributed by atoms with Crippen molar-refractivity contribution in [2.75, 3.05) is 6.54 Å². The summed E-state index contributed by atoms with van der Waals surface area (Å²) in [6.45, 7) is 1.13. The van der Waals surface area contributed by atoms with E-state index in [0.717, 1.165) is 16.5 Å². The number of hydrogen-bond acceptors (Lipinski definition) is 2. The third-order valence-electron chi connectivity index (χ3n) is 3.15. The molecule has 0 aliphatic carbocycles. The molecule has 1 N–H and O–H groups in total. The maximum absolute atomic E-state index is 4.54. The van der Waals surface area contributed by atoms with Gasteiger partial charge in [-0.1, -0.05) is 12.1 Å². The predicted molar refractivity (Wildman–Crippen MR) is 69.4 cm³/mol. The maximum atomic E-state index is 4.54. The zero-order chi connectivity index (χ0) is 11.0. The number of halogens is 1. The summed E-state index contributed by atoms with van der Waals surface area (Å²) in [5, 5.41) is 4.71. The van der Waals surface area contributed by atoms with Crippen molar-refractivity contribution in [3.05, 3.63) is 40.5 Å². The van der Waals surface area contributed by atoms with Gasteiger partial charge in [0.2, 0.25) is 0 Å². The number of benzene rings is 1. The molecule has 3 heteroatoms. The standard InChI is InChI=1S/C13H13BrN2/c14-11-4-1-3-9-7-10(8-16-13(9)11)12-5-2-6-15-12/h1,3-4,7-8,12,15H,2,5-6H2. The fourth-order valence-electron chi connectivity index (χ4n) is 2.30. The van der Waals surface area contributed by atoms with Crippen LogP contribution >= 0.6 is 15.9 Å². The average Bonchev–Trinajstić information content (AvgIpc) is 2.82. The molecule has 0 saturated carbocycles. The highest BCUT2D eigenvalue weighted by molar-refractivity contribution is 9.10. The number of rotatable bonds is 1. The van der Waals surface area contributed by atoms with Crippen molar-refractivity contribution in [2.24, 2.45) is 0 Å². The number of fused-ring (bicyclic) bond motifs is 1. The zero-order valence-electron chi connectivity index (χ0n) is 8.91. The largest absolute Gasteiger partial charge is 0.310 e. The van der Waals surface area contributed by atoms with Crippen molar-refractivity contribution >= 4 is 26.8 Å². The molecule has 2 aromatic rings. The first kappa shape index (κ1) is 10.2. The van der Waals surface area contributed by atoms with E-state index >= 15 is 0 Å². The van der Waals surface area contributed by atoms with Crippen LogP contribution in [0.3, 0.4) is 0 Å². The fraction of sp³-hybridized carbons (Fsp3) is 0.308. The molecular weight excluding hydrogens is 264 g/mol. The van der Waals surface area contributed by atoms with Crippen LogP contribution in [0.5, 0.6) is 0 Å². The zero-order valence-corrected chi connectivity index (χ0v) is 10.5. The van der Waals surface area contributed by atoms with Gasteiger partial charge in [-0.2, -0.15) is 0 Å². The topological polar surface area (TPSA) is 24.9 Å². The van der Waals surface area contributed by atoms with Gasteiger partial charge in [-0.15, -0.1) is 0 Å². The SMILES string of the molecule is Brc1cccc2cc(C3CCCN3)cnc12. The van der Waals surface area contributed by atoms with E-state index in [4.69, 9.17) is 0 Å². The van der Waals surface area contributed by atoms with Crippen LogP contribution in [0.2, 0.25) is 0 Å². The van der Waals surface area contributed by atoms with E-state index in [1.54, 1.807) is 0 Å². The van der Waals surface area contributed by atoms with E-state index in [1.165, 1.54) is 23.8 Å². The number of aromatic nitrogens is 1. The molecule has 0 bridgehead atoms. The molecule has 0 amide bonds. The van der Waals surface area contributed by atoms with Crippen LogP contribution in [0.1, 0.15) is 24.4 Å². The summed E-state index contributed by atoms with van der Waals surface area (Å²) >= 11 is 3.53. The molecule has 1 aromatic heterocycles. The lowest BCUT2D eigenvalue weighted by molar-refractivity contribution is 0.646. The fourth-order valence-corrected chi connectivity index (χ4v) is 2.78. The van der Waals surface area contributed by atoms with Gasteiger partial charge in [0.1, 0.15) is 0 Å². The van der Waals surface area contributed by atoms with Crippen LogP contribution in [0, 0.1) is 0 Å². The average molecular weight is 277 g/mol. The van der Waals surface area contributed by atoms with E-state index in [9.17, 15) is 0 Å². The van der Waals surface area contributed by atoms with Gasteiger partial charge in [0.25, 0.3) is 0 Å². The highest BCUT2D eigenvalue weighted by Gasteiger charge is 2.16. The first-order chi connectivity index (χ1) is 7.84. The van der Waals surface area contributed by atoms with Crippen LogP contribution in [0.25, 0.3) is 10.9 Å². The molecule has 0 spiro atoms. The molecule has 1 aliphatic rings. The van der Waals surface area contributed by atoms with Gasteiger partial charge < -0.3 is 5.32 Å². The normalized spacial score (nSPS) is 20.4. The van der Waals surface area contributed by atoms with Crippen molar-refractivity contribution in [1.29, 1.82) is 0 Å². The Morgan fingerprint density at radius 2 is 2.31 bits per heavy atom. The van der Waals surface area contributed by atoms with Crippen molar-refractivity contribution in [2.45, 2.75) is 18.9 Å². The Morgan fingerprint density at radius 1 is 1.38 bits per heavy atom. The number of hydrogen-bond donors (Lipinski definition) is 1. The van der Waals surface area contributed by atoms with Crippen molar-refractivity contribution in [1.82, 2.24) is 10.3 Å². The summed E-state index contributed by atoms with van der Waals surface area (Å²) in [6, 6.07) is 8.94. The summed E-state index contributed by atoms with van der Waals surface area (Å²) in [5.74, 6) is 0. The lowest BCUT2D eigenvalue weighted by atomic mass is 10.1. The summed E-state index contributed by atoms with van der Waals surface area (Å²) in [7, 11) is 0. The predicted octanol–water partition coefficient (Wildman–Crippen LogP) is 3.42. The first-order valence-corrected chi connectivity index (χ1v) is 6.41. The second kappa shape index (κ2) is 4.15. The second-order valence-corrected chi connectivity index (χ2v) is 5.08. The Morgan fingerprint density at radius 3 is 3.12 bits per heavy atom. The quantitative estimate of drug-likeness (QED) is 0.864. The number of para-hydroxylation sites is 1. The van der Waals surface area contributed by atoms with E-state index in [2.05, 4.69) is 44.4 Å². The third kappa shape index (κ3) is 1.74. The van der Waals surface area contributed by atoms with Gasteiger partial charge >= 0.3 is 0 Å². The molecular formula is C13H13BrN2. The highest BCUT2D eigenvalue weighted by atomic mass is 79.9. The summed E-state index contributed by atoms with van der Waals surface area (Å²) in [4.78, 5) is 4.54. The lowest BCUT2D eigenvalue weighted by Crippen LogP contribution is -2.12. The minimum Gasteiger partial charge on any atom is -0.310 e. The second-order valence-electron chi connectivity index (χ2n) is 4.23. The third-order valence-corrected chi connectivity index (χ3v) is 3.79. The smallest absolute Gasteiger partial charge is 0.0844 e. The van der Waals surface area contributed by atoms with E-state index in [0.29, 0.717) is 6.04 Å². The van der Waals surface area contributed by atoms with Crippen LogP contribution in [-0.4, -0.2) is 11.5 Å². The Bertz CT molecular complexity index is 518. The van der Waals surface area contributed by atoms with Gasteiger partial charge in [0.05, 0.1) is 5.52 Å². The van der Waals surface area contributed by atoms with Crippen LogP contribution in [-0.2, 0) is 0 Å². The van der Waals surface area contributed by atoms with Crippen LogP contribution < -0.4 is 5.32 Å².